The number of ether oxygens (including phenoxy) is 3. The fourth-order valence-electron chi connectivity index (χ4n) is 2.82. The predicted octanol–water partition coefficient (Wildman–Crippen LogP) is 2.20. The number of carbonyl (C=O) groups is 2. The highest BCUT2D eigenvalue weighted by molar-refractivity contribution is 5.81. The summed E-state index contributed by atoms with van der Waals surface area (Å²) in [7, 11) is 1.63. The topological polar surface area (TPSA) is 65.1 Å². The van der Waals surface area contributed by atoms with Crippen molar-refractivity contribution in [3.05, 3.63) is 29.8 Å². The van der Waals surface area contributed by atoms with E-state index >= 15 is 0 Å². The SMILES string of the molecule is CCOC(=O)CCN(CCc1ccc(OC)cc1)C(=O)C1CCCO1. The van der Waals surface area contributed by atoms with Gasteiger partial charge < -0.3 is 19.1 Å². The summed E-state index contributed by atoms with van der Waals surface area (Å²) in [6, 6.07) is 7.78. The molecule has 1 heterocycles. The van der Waals surface area contributed by atoms with Gasteiger partial charge in [-0.1, -0.05) is 12.1 Å². The fraction of sp³-hybridized carbons (Fsp3) is 0.579. The minimum absolute atomic E-state index is 0.0321. The standard InChI is InChI=1S/C19H27NO5/c1-3-24-18(21)11-13-20(19(22)17-5-4-14-25-17)12-10-15-6-8-16(23-2)9-7-15/h6-9,17H,3-5,10-14H2,1-2H3. The summed E-state index contributed by atoms with van der Waals surface area (Å²) in [5.74, 6) is 0.491. The normalized spacial score (nSPS) is 16.5. The Labute approximate surface area is 149 Å². The molecule has 0 N–H and O–H groups in total. The van der Waals surface area contributed by atoms with Crippen molar-refractivity contribution in [2.45, 2.75) is 38.7 Å². The first kappa shape index (κ1) is 19.2. The van der Waals surface area contributed by atoms with E-state index < -0.39 is 0 Å². The molecule has 1 amide bonds. The number of hydrogen-bond acceptors (Lipinski definition) is 5. The van der Waals surface area contributed by atoms with Crippen molar-refractivity contribution in [2.75, 3.05) is 33.4 Å². The Balaban J connectivity index is 1.94. The Hall–Kier alpha value is -2.08. The highest BCUT2D eigenvalue weighted by Gasteiger charge is 2.28. The zero-order chi connectivity index (χ0) is 18.1. The molecule has 0 radical (unpaired) electrons. The minimum atomic E-state index is -0.377. The van der Waals surface area contributed by atoms with Crippen molar-refractivity contribution in [1.82, 2.24) is 4.90 Å². The lowest BCUT2D eigenvalue weighted by molar-refractivity contribution is -0.145. The zero-order valence-corrected chi connectivity index (χ0v) is 15.0. The summed E-state index contributed by atoms with van der Waals surface area (Å²) in [6.45, 7) is 3.65. The average molecular weight is 349 g/mol. The zero-order valence-electron chi connectivity index (χ0n) is 15.0. The molecule has 0 aliphatic carbocycles. The summed E-state index contributed by atoms with van der Waals surface area (Å²) in [5.41, 5.74) is 1.11. The van der Waals surface area contributed by atoms with Gasteiger partial charge >= 0.3 is 5.97 Å². The Kier molecular flexibility index (Phi) is 7.73. The number of methoxy groups -OCH3 is 1. The van der Waals surface area contributed by atoms with Gasteiger partial charge in [0.2, 0.25) is 0 Å². The van der Waals surface area contributed by atoms with Gasteiger partial charge in [0, 0.05) is 19.7 Å². The Bertz CT molecular complexity index is 551. The molecule has 0 bridgehead atoms. The number of carbonyl (C=O) groups excluding carboxylic acids is 2. The number of benzene rings is 1. The van der Waals surface area contributed by atoms with Crippen molar-refractivity contribution in [2.24, 2.45) is 0 Å². The van der Waals surface area contributed by atoms with E-state index in [1.807, 2.05) is 24.3 Å². The highest BCUT2D eigenvalue weighted by Crippen LogP contribution is 2.16. The molecular formula is C19H27NO5. The molecular weight excluding hydrogens is 322 g/mol. The van der Waals surface area contributed by atoms with Crippen LogP contribution in [0.2, 0.25) is 0 Å². The van der Waals surface area contributed by atoms with Crippen LogP contribution in [0, 0.1) is 0 Å². The van der Waals surface area contributed by atoms with Crippen LogP contribution in [0.3, 0.4) is 0 Å². The fourth-order valence-corrected chi connectivity index (χ4v) is 2.82. The molecule has 2 rings (SSSR count). The average Bonchev–Trinajstić information content (AvgIpc) is 3.16. The molecule has 1 unspecified atom stereocenters. The van der Waals surface area contributed by atoms with Gasteiger partial charge in [-0.3, -0.25) is 9.59 Å². The van der Waals surface area contributed by atoms with Gasteiger partial charge in [-0.15, -0.1) is 0 Å². The van der Waals surface area contributed by atoms with Crippen LogP contribution in [0.25, 0.3) is 0 Å². The van der Waals surface area contributed by atoms with E-state index in [0.717, 1.165) is 24.2 Å². The Morgan fingerprint density at radius 1 is 1.24 bits per heavy atom. The number of nitrogens with zero attached hydrogens (tertiary/aromatic N) is 1. The summed E-state index contributed by atoms with van der Waals surface area (Å²) in [4.78, 5) is 26.0. The predicted molar refractivity (Wildman–Crippen MR) is 93.5 cm³/mol. The van der Waals surface area contributed by atoms with Gasteiger partial charge in [0.1, 0.15) is 11.9 Å². The van der Waals surface area contributed by atoms with Crippen LogP contribution in [0.4, 0.5) is 0 Å². The van der Waals surface area contributed by atoms with Crippen molar-refractivity contribution in [3.8, 4) is 5.75 Å². The smallest absolute Gasteiger partial charge is 0.307 e. The maximum atomic E-state index is 12.7. The molecule has 0 aromatic heterocycles. The van der Waals surface area contributed by atoms with E-state index in [0.29, 0.717) is 32.7 Å². The van der Waals surface area contributed by atoms with Crippen LogP contribution < -0.4 is 4.74 Å². The third kappa shape index (κ3) is 6.05. The maximum Gasteiger partial charge on any atom is 0.307 e. The van der Waals surface area contributed by atoms with Crippen LogP contribution >= 0.6 is 0 Å². The summed E-state index contributed by atoms with van der Waals surface area (Å²) < 4.78 is 15.6. The molecule has 1 aliphatic heterocycles. The maximum absolute atomic E-state index is 12.7. The molecule has 1 atom stereocenters. The van der Waals surface area contributed by atoms with Gasteiger partial charge in [0.25, 0.3) is 5.91 Å². The van der Waals surface area contributed by atoms with Crippen LogP contribution in [-0.4, -0.2) is 56.3 Å². The van der Waals surface area contributed by atoms with Gasteiger partial charge in [0.15, 0.2) is 0 Å². The number of amides is 1. The van der Waals surface area contributed by atoms with E-state index in [9.17, 15) is 9.59 Å². The number of rotatable bonds is 9. The van der Waals surface area contributed by atoms with Gasteiger partial charge in [-0.25, -0.2) is 0 Å². The first-order valence-corrected chi connectivity index (χ1v) is 8.83. The first-order valence-electron chi connectivity index (χ1n) is 8.83. The van der Waals surface area contributed by atoms with Crippen molar-refractivity contribution in [1.29, 1.82) is 0 Å². The second-order valence-corrected chi connectivity index (χ2v) is 5.98. The van der Waals surface area contributed by atoms with Gasteiger partial charge in [0.05, 0.1) is 20.1 Å². The molecule has 0 saturated carbocycles. The molecule has 1 saturated heterocycles. The molecule has 6 nitrogen and oxygen atoms in total. The van der Waals surface area contributed by atoms with Crippen molar-refractivity contribution >= 4 is 11.9 Å². The van der Waals surface area contributed by atoms with Crippen molar-refractivity contribution < 1.29 is 23.8 Å². The van der Waals surface area contributed by atoms with Crippen LogP contribution in [0.15, 0.2) is 24.3 Å². The summed E-state index contributed by atoms with van der Waals surface area (Å²) in [5, 5.41) is 0. The van der Waals surface area contributed by atoms with Crippen LogP contribution in [-0.2, 0) is 25.5 Å². The molecule has 1 aromatic rings. The lowest BCUT2D eigenvalue weighted by Crippen LogP contribution is -2.41. The molecule has 1 aromatic carbocycles. The Morgan fingerprint density at radius 2 is 2.00 bits per heavy atom. The largest absolute Gasteiger partial charge is 0.497 e. The van der Waals surface area contributed by atoms with E-state index in [-0.39, 0.29) is 24.4 Å². The third-order valence-electron chi connectivity index (χ3n) is 4.24. The molecule has 6 heteroatoms. The molecule has 138 valence electrons. The second-order valence-electron chi connectivity index (χ2n) is 5.98. The summed E-state index contributed by atoms with van der Waals surface area (Å²) in [6.07, 6.45) is 2.19. The lowest BCUT2D eigenvalue weighted by atomic mass is 10.1. The van der Waals surface area contributed by atoms with Crippen LogP contribution in [0.1, 0.15) is 31.7 Å². The first-order chi connectivity index (χ1) is 12.1. The van der Waals surface area contributed by atoms with Gasteiger partial charge in [-0.05, 0) is 43.9 Å². The number of esters is 1. The molecule has 0 spiro atoms. The Morgan fingerprint density at radius 3 is 2.60 bits per heavy atom. The van der Waals surface area contributed by atoms with E-state index in [1.54, 1.807) is 18.9 Å². The van der Waals surface area contributed by atoms with Crippen molar-refractivity contribution in [3.63, 3.8) is 0 Å². The van der Waals surface area contributed by atoms with E-state index in [2.05, 4.69) is 0 Å². The second kappa shape index (κ2) is 10.0. The summed E-state index contributed by atoms with van der Waals surface area (Å²) >= 11 is 0. The lowest BCUT2D eigenvalue weighted by Gasteiger charge is -2.25. The number of hydrogen-bond donors (Lipinski definition) is 0. The monoisotopic (exact) mass is 349 g/mol. The third-order valence-corrected chi connectivity index (χ3v) is 4.24. The molecule has 25 heavy (non-hydrogen) atoms. The quantitative estimate of drug-likeness (QED) is 0.640. The highest BCUT2D eigenvalue weighted by atomic mass is 16.5. The van der Waals surface area contributed by atoms with E-state index in [4.69, 9.17) is 14.2 Å². The van der Waals surface area contributed by atoms with E-state index in [1.165, 1.54) is 0 Å². The van der Waals surface area contributed by atoms with Gasteiger partial charge in [-0.2, -0.15) is 0 Å². The molecule has 1 fully saturated rings. The molecule has 1 aliphatic rings. The van der Waals surface area contributed by atoms with Crippen LogP contribution in [0.5, 0.6) is 5.75 Å². The minimum Gasteiger partial charge on any atom is -0.497 e.